The molecule has 0 saturated carbocycles. The SMILES string of the molecule is O=C(O)c1ccc(-n2nnnc2C(=S)S)cc1. The van der Waals surface area contributed by atoms with E-state index in [2.05, 4.69) is 28.2 Å². The second-order valence-corrected chi connectivity index (χ2v) is 4.23. The molecule has 1 heterocycles. The van der Waals surface area contributed by atoms with E-state index in [1.807, 2.05) is 0 Å². The molecule has 1 N–H and O–H groups in total. The van der Waals surface area contributed by atoms with Crippen LogP contribution in [0.15, 0.2) is 24.3 Å². The second kappa shape index (κ2) is 4.60. The van der Waals surface area contributed by atoms with E-state index in [1.54, 1.807) is 12.1 Å². The lowest BCUT2D eigenvalue weighted by Gasteiger charge is -2.02. The van der Waals surface area contributed by atoms with Crippen molar-refractivity contribution in [2.75, 3.05) is 0 Å². The quantitative estimate of drug-likeness (QED) is 0.636. The minimum absolute atomic E-state index is 0.192. The maximum atomic E-state index is 10.7. The van der Waals surface area contributed by atoms with Gasteiger partial charge in [0.25, 0.3) is 0 Å². The van der Waals surface area contributed by atoms with Gasteiger partial charge >= 0.3 is 5.97 Å². The predicted molar refractivity (Wildman–Crippen MR) is 66.8 cm³/mol. The molecule has 0 fully saturated rings. The minimum atomic E-state index is -0.988. The molecule has 2 aromatic rings. The topological polar surface area (TPSA) is 80.9 Å². The molecule has 1 aromatic carbocycles. The van der Waals surface area contributed by atoms with E-state index >= 15 is 0 Å². The maximum absolute atomic E-state index is 10.7. The lowest BCUT2D eigenvalue weighted by molar-refractivity contribution is 0.0697. The van der Waals surface area contributed by atoms with Gasteiger partial charge in [0.15, 0.2) is 0 Å². The molecule has 86 valence electrons. The fraction of sp³-hybridized carbons (Fsp3) is 0. The van der Waals surface area contributed by atoms with Crippen LogP contribution in [-0.2, 0) is 0 Å². The maximum Gasteiger partial charge on any atom is 0.335 e. The first-order valence-electron chi connectivity index (χ1n) is 4.45. The van der Waals surface area contributed by atoms with Gasteiger partial charge in [0.2, 0.25) is 5.82 Å². The lowest BCUT2D eigenvalue weighted by atomic mass is 10.2. The summed E-state index contributed by atoms with van der Waals surface area (Å²) in [5.41, 5.74) is 0.809. The van der Waals surface area contributed by atoms with Crippen LogP contribution >= 0.6 is 24.8 Å². The van der Waals surface area contributed by atoms with E-state index in [0.29, 0.717) is 11.5 Å². The van der Waals surface area contributed by atoms with Crippen molar-refractivity contribution in [3.63, 3.8) is 0 Å². The highest BCUT2D eigenvalue weighted by Gasteiger charge is 2.11. The summed E-state index contributed by atoms with van der Waals surface area (Å²) >= 11 is 8.88. The number of rotatable bonds is 3. The van der Waals surface area contributed by atoms with Crippen molar-refractivity contribution in [2.45, 2.75) is 0 Å². The van der Waals surface area contributed by atoms with Gasteiger partial charge in [-0.15, -0.1) is 17.7 Å². The molecule has 0 atom stereocenters. The van der Waals surface area contributed by atoms with Crippen molar-refractivity contribution in [3.05, 3.63) is 35.7 Å². The van der Waals surface area contributed by atoms with E-state index in [1.165, 1.54) is 16.8 Å². The molecule has 0 saturated heterocycles. The van der Waals surface area contributed by atoms with Crippen LogP contribution in [0.5, 0.6) is 0 Å². The number of carbonyl (C=O) groups is 1. The van der Waals surface area contributed by atoms with Crippen LogP contribution in [0.25, 0.3) is 5.69 Å². The number of thiocarbonyl (C=S) groups is 1. The number of aromatic nitrogens is 4. The Hall–Kier alpha value is -1.80. The van der Waals surface area contributed by atoms with E-state index in [4.69, 9.17) is 17.3 Å². The number of carboxylic acids is 1. The number of nitrogens with zero attached hydrogens (tertiary/aromatic N) is 4. The summed E-state index contributed by atoms with van der Waals surface area (Å²) in [6.07, 6.45) is 0. The Morgan fingerprint density at radius 3 is 2.53 bits per heavy atom. The van der Waals surface area contributed by atoms with Crippen molar-refractivity contribution in [1.82, 2.24) is 20.2 Å². The number of aromatic carboxylic acids is 1. The van der Waals surface area contributed by atoms with Crippen LogP contribution < -0.4 is 0 Å². The van der Waals surface area contributed by atoms with Crippen LogP contribution in [0.1, 0.15) is 16.2 Å². The van der Waals surface area contributed by atoms with E-state index in [9.17, 15) is 4.79 Å². The van der Waals surface area contributed by atoms with Gasteiger partial charge in [0, 0.05) is 0 Å². The molecule has 0 aliphatic carbocycles. The average molecular weight is 266 g/mol. The highest BCUT2D eigenvalue weighted by atomic mass is 32.1. The predicted octanol–water partition coefficient (Wildman–Crippen LogP) is 0.966. The van der Waals surface area contributed by atoms with E-state index < -0.39 is 5.97 Å². The number of tetrazole rings is 1. The zero-order valence-electron chi connectivity index (χ0n) is 8.31. The second-order valence-electron chi connectivity index (χ2n) is 3.07. The summed E-state index contributed by atoms with van der Waals surface area (Å²) in [4.78, 5) is 10.7. The van der Waals surface area contributed by atoms with Crippen molar-refractivity contribution in [1.29, 1.82) is 0 Å². The first-order valence-corrected chi connectivity index (χ1v) is 5.30. The number of carboxylic acid groups (broad SMARTS) is 1. The summed E-state index contributed by atoms with van der Waals surface area (Å²) in [5.74, 6) is -0.649. The Kier molecular flexibility index (Phi) is 3.16. The number of benzene rings is 1. The van der Waals surface area contributed by atoms with Crippen LogP contribution in [0.2, 0.25) is 0 Å². The summed E-state index contributed by atoms with van der Waals surface area (Å²) in [6.45, 7) is 0. The molecule has 8 heteroatoms. The third-order valence-electron chi connectivity index (χ3n) is 2.02. The Balaban J connectivity index is 2.43. The molecule has 0 amide bonds. The third kappa shape index (κ3) is 2.32. The molecule has 6 nitrogen and oxygen atoms in total. The fourth-order valence-corrected chi connectivity index (χ4v) is 1.51. The summed E-state index contributed by atoms with van der Waals surface area (Å²) in [7, 11) is 0. The largest absolute Gasteiger partial charge is 0.478 e. The highest BCUT2D eigenvalue weighted by Crippen LogP contribution is 2.11. The summed E-state index contributed by atoms with van der Waals surface area (Å²) in [6, 6.07) is 6.11. The molecule has 0 aliphatic rings. The summed E-state index contributed by atoms with van der Waals surface area (Å²) < 4.78 is 1.65. The van der Waals surface area contributed by atoms with Gasteiger partial charge in [0.1, 0.15) is 4.20 Å². The standard InChI is InChI=1S/C9H6N4O2S2/c14-8(15)5-1-3-6(4-2-5)13-7(9(16)17)10-11-12-13/h1-4H,(H,14,15)(H,16,17). The van der Waals surface area contributed by atoms with Crippen molar-refractivity contribution in [2.24, 2.45) is 0 Å². The van der Waals surface area contributed by atoms with Gasteiger partial charge in [-0.25, -0.2) is 4.79 Å². The molecule has 1 aromatic heterocycles. The van der Waals surface area contributed by atoms with Crippen LogP contribution in [0.3, 0.4) is 0 Å². The molecule has 0 radical (unpaired) electrons. The number of hydrogen-bond acceptors (Lipinski definition) is 5. The van der Waals surface area contributed by atoms with Crippen LogP contribution in [0, 0.1) is 0 Å². The third-order valence-corrected chi connectivity index (χ3v) is 2.40. The van der Waals surface area contributed by atoms with Gasteiger partial charge in [-0.05, 0) is 34.7 Å². The van der Waals surface area contributed by atoms with Crippen LogP contribution in [0.4, 0.5) is 0 Å². The summed E-state index contributed by atoms with van der Waals surface area (Å²) in [5, 5.41) is 19.7. The zero-order chi connectivity index (χ0) is 12.4. The molecule has 0 unspecified atom stereocenters. The number of thiol groups is 1. The molecule has 0 bridgehead atoms. The van der Waals surface area contributed by atoms with Crippen molar-refractivity contribution in [3.8, 4) is 5.69 Å². The molecular weight excluding hydrogens is 260 g/mol. The van der Waals surface area contributed by atoms with Crippen molar-refractivity contribution < 1.29 is 9.90 Å². The van der Waals surface area contributed by atoms with Gasteiger partial charge in [-0.2, -0.15) is 4.68 Å². The van der Waals surface area contributed by atoms with E-state index in [-0.39, 0.29) is 9.76 Å². The molecular formula is C9H6N4O2S2. The first-order chi connectivity index (χ1) is 8.09. The van der Waals surface area contributed by atoms with Gasteiger partial charge in [-0.1, -0.05) is 12.2 Å². The zero-order valence-corrected chi connectivity index (χ0v) is 10.0. The van der Waals surface area contributed by atoms with Crippen molar-refractivity contribution >= 4 is 35.0 Å². The Bertz CT molecular complexity index is 579. The Labute approximate surface area is 107 Å². The van der Waals surface area contributed by atoms with Crippen LogP contribution in [-0.4, -0.2) is 35.5 Å². The van der Waals surface area contributed by atoms with E-state index in [0.717, 1.165) is 0 Å². The first kappa shape index (κ1) is 11.7. The van der Waals surface area contributed by atoms with Gasteiger partial charge in [0.05, 0.1) is 11.3 Å². The molecule has 0 spiro atoms. The van der Waals surface area contributed by atoms with Gasteiger partial charge in [-0.3, -0.25) is 0 Å². The smallest absolute Gasteiger partial charge is 0.335 e. The monoisotopic (exact) mass is 266 g/mol. The molecule has 17 heavy (non-hydrogen) atoms. The minimum Gasteiger partial charge on any atom is -0.478 e. The Morgan fingerprint density at radius 1 is 1.35 bits per heavy atom. The van der Waals surface area contributed by atoms with Gasteiger partial charge < -0.3 is 5.11 Å². The fourth-order valence-electron chi connectivity index (χ4n) is 1.24. The Morgan fingerprint density at radius 2 is 2.00 bits per heavy atom. The normalized spacial score (nSPS) is 10.2. The molecule has 0 aliphatic heterocycles. The lowest BCUT2D eigenvalue weighted by Crippen LogP contribution is -2.06. The average Bonchev–Trinajstić information content (AvgIpc) is 2.78. The number of hydrogen-bond donors (Lipinski definition) is 2. The highest BCUT2D eigenvalue weighted by molar-refractivity contribution is 8.11. The molecule has 2 rings (SSSR count).